The largest absolute Gasteiger partial charge is 0.293 e. The fraction of sp³-hybridized carbons (Fsp3) is 0.0769. The van der Waals surface area contributed by atoms with Crippen molar-refractivity contribution in [2.75, 3.05) is 0 Å². The Morgan fingerprint density at radius 1 is 0.500 bits per heavy atom. The maximum Gasteiger partial charge on any atom is 0.171 e. The Kier molecular flexibility index (Phi) is 3.91. The number of carbonyl (C=O) groups is 2. The summed E-state index contributed by atoms with van der Waals surface area (Å²) in [5, 5.41) is 2.12. The van der Waals surface area contributed by atoms with Crippen molar-refractivity contribution in [3.63, 3.8) is 0 Å². The molecule has 0 spiro atoms. The second-order valence-electron chi connectivity index (χ2n) is 7.21. The highest BCUT2D eigenvalue weighted by Crippen LogP contribution is 2.49. The average Bonchev–Trinajstić information content (AvgIpc) is 3.10. The lowest BCUT2D eigenvalue weighted by atomic mass is 9.79. The van der Waals surface area contributed by atoms with Crippen LogP contribution in [0.15, 0.2) is 97.1 Å². The van der Waals surface area contributed by atoms with Crippen molar-refractivity contribution in [2.24, 2.45) is 0 Å². The van der Waals surface area contributed by atoms with Gasteiger partial charge in [0.05, 0.1) is 11.8 Å². The molecular formula is C26H18O2. The predicted octanol–water partition coefficient (Wildman–Crippen LogP) is 5.79. The molecule has 4 aromatic rings. The molecule has 0 fully saturated rings. The highest BCUT2D eigenvalue weighted by Gasteiger charge is 2.43. The smallest absolute Gasteiger partial charge is 0.171 e. The van der Waals surface area contributed by atoms with Gasteiger partial charge in [0.15, 0.2) is 11.6 Å². The Morgan fingerprint density at radius 2 is 0.929 bits per heavy atom. The van der Waals surface area contributed by atoms with Gasteiger partial charge in [0.25, 0.3) is 0 Å². The number of hydrogen-bond donors (Lipinski definition) is 0. The number of hydrogen-bond acceptors (Lipinski definition) is 2. The van der Waals surface area contributed by atoms with Gasteiger partial charge in [-0.3, -0.25) is 9.59 Å². The first-order valence-corrected chi connectivity index (χ1v) is 9.46. The lowest BCUT2D eigenvalue weighted by Gasteiger charge is -2.20. The Labute approximate surface area is 163 Å². The molecule has 2 atom stereocenters. The zero-order chi connectivity index (χ0) is 19.1. The van der Waals surface area contributed by atoms with Crippen molar-refractivity contribution in [1.29, 1.82) is 0 Å². The van der Waals surface area contributed by atoms with Gasteiger partial charge in [-0.05, 0) is 21.9 Å². The van der Waals surface area contributed by atoms with E-state index in [1.807, 2.05) is 97.1 Å². The SMILES string of the molecule is O=C(c1ccccc1)C1c2cccc3cccc(c23)C1C(=O)c1ccccc1. The fourth-order valence-electron chi connectivity index (χ4n) is 4.43. The zero-order valence-corrected chi connectivity index (χ0v) is 15.2. The molecule has 0 amide bonds. The van der Waals surface area contributed by atoms with Crippen LogP contribution in [0, 0.1) is 0 Å². The monoisotopic (exact) mass is 362 g/mol. The summed E-state index contributed by atoms with van der Waals surface area (Å²) in [6.07, 6.45) is 0. The molecule has 1 aliphatic carbocycles. The van der Waals surface area contributed by atoms with Gasteiger partial charge in [0.2, 0.25) is 0 Å². The van der Waals surface area contributed by atoms with E-state index in [2.05, 4.69) is 0 Å². The molecule has 0 saturated heterocycles. The lowest BCUT2D eigenvalue weighted by Crippen LogP contribution is -2.23. The first-order valence-electron chi connectivity index (χ1n) is 9.46. The Bertz CT molecular complexity index is 1100. The van der Waals surface area contributed by atoms with Gasteiger partial charge in [-0.1, -0.05) is 97.1 Å². The summed E-state index contributed by atoms with van der Waals surface area (Å²) in [6, 6.07) is 30.6. The Balaban J connectivity index is 1.72. The van der Waals surface area contributed by atoms with Crippen molar-refractivity contribution >= 4 is 22.3 Å². The van der Waals surface area contributed by atoms with E-state index in [1.165, 1.54) is 0 Å². The molecule has 0 aromatic heterocycles. The van der Waals surface area contributed by atoms with Crippen molar-refractivity contribution in [3.8, 4) is 0 Å². The number of rotatable bonds is 4. The van der Waals surface area contributed by atoms with Crippen LogP contribution in [0.5, 0.6) is 0 Å². The summed E-state index contributed by atoms with van der Waals surface area (Å²) in [6.45, 7) is 0. The molecule has 0 aliphatic heterocycles. The third kappa shape index (κ3) is 2.49. The second-order valence-corrected chi connectivity index (χ2v) is 7.21. The van der Waals surface area contributed by atoms with Gasteiger partial charge in [-0.15, -0.1) is 0 Å². The van der Waals surface area contributed by atoms with Crippen LogP contribution in [-0.4, -0.2) is 11.6 Å². The standard InChI is InChI=1S/C26H18O2/c27-25(18-9-3-1-4-10-18)23-20-15-7-13-17-14-8-16-21(22(17)20)24(23)26(28)19-11-5-2-6-12-19/h1-16,23-24H. The second kappa shape index (κ2) is 6.58. The van der Waals surface area contributed by atoms with Gasteiger partial charge in [0, 0.05) is 11.1 Å². The third-order valence-corrected chi connectivity index (χ3v) is 5.65. The minimum Gasteiger partial charge on any atom is -0.293 e. The Hall–Kier alpha value is -3.52. The molecule has 0 N–H and O–H groups in total. The molecule has 28 heavy (non-hydrogen) atoms. The summed E-state index contributed by atoms with van der Waals surface area (Å²) in [4.78, 5) is 27.1. The van der Waals surface area contributed by atoms with Crippen LogP contribution in [-0.2, 0) is 0 Å². The maximum atomic E-state index is 13.5. The molecule has 0 radical (unpaired) electrons. The third-order valence-electron chi connectivity index (χ3n) is 5.65. The van der Waals surface area contributed by atoms with Crippen molar-refractivity contribution in [2.45, 2.75) is 11.8 Å². The number of carbonyl (C=O) groups excluding carboxylic acids is 2. The summed E-state index contributed by atoms with van der Waals surface area (Å²) in [7, 11) is 0. The molecule has 5 rings (SSSR count). The van der Waals surface area contributed by atoms with Gasteiger partial charge >= 0.3 is 0 Å². The van der Waals surface area contributed by atoms with Crippen LogP contribution >= 0.6 is 0 Å². The lowest BCUT2D eigenvalue weighted by molar-refractivity contribution is 0.0872. The fourth-order valence-corrected chi connectivity index (χ4v) is 4.43. The molecule has 4 aromatic carbocycles. The molecule has 2 unspecified atom stereocenters. The van der Waals surface area contributed by atoms with Crippen molar-refractivity contribution < 1.29 is 9.59 Å². The molecule has 0 heterocycles. The molecule has 134 valence electrons. The molecule has 0 bridgehead atoms. The summed E-state index contributed by atoms with van der Waals surface area (Å²) < 4.78 is 0. The predicted molar refractivity (Wildman–Crippen MR) is 111 cm³/mol. The molecule has 2 nitrogen and oxygen atoms in total. The van der Waals surface area contributed by atoms with E-state index in [1.54, 1.807) is 0 Å². The van der Waals surface area contributed by atoms with Crippen molar-refractivity contribution in [1.82, 2.24) is 0 Å². The van der Waals surface area contributed by atoms with Crippen LogP contribution in [0.4, 0.5) is 0 Å². The van der Waals surface area contributed by atoms with Crippen LogP contribution in [0.3, 0.4) is 0 Å². The number of ketones is 2. The average molecular weight is 362 g/mol. The van der Waals surface area contributed by atoms with Gasteiger partial charge in [-0.2, -0.15) is 0 Å². The van der Waals surface area contributed by atoms with E-state index in [9.17, 15) is 9.59 Å². The normalized spacial score (nSPS) is 17.6. The minimum absolute atomic E-state index is 0.00131. The van der Waals surface area contributed by atoms with Gasteiger partial charge in [0.1, 0.15) is 0 Å². The number of Topliss-reactive ketones (excluding diaryl/α,β-unsaturated/α-hetero) is 2. The highest BCUT2D eigenvalue weighted by atomic mass is 16.1. The van der Waals surface area contributed by atoms with Crippen LogP contribution in [0.1, 0.15) is 43.7 Å². The van der Waals surface area contributed by atoms with E-state index in [0.29, 0.717) is 11.1 Å². The summed E-state index contributed by atoms with van der Waals surface area (Å²) in [5.74, 6) is -1.01. The van der Waals surface area contributed by atoms with Crippen molar-refractivity contribution in [3.05, 3.63) is 119 Å². The molecular weight excluding hydrogens is 344 g/mol. The first kappa shape index (κ1) is 16.6. The van der Waals surface area contributed by atoms with E-state index in [-0.39, 0.29) is 11.6 Å². The van der Waals surface area contributed by atoms with Gasteiger partial charge < -0.3 is 0 Å². The zero-order valence-electron chi connectivity index (χ0n) is 15.2. The Morgan fingerprint density at radius 3 is 1.36 bits per heavy atom. The van der Waals surface area contributed by atoms with E-state index < -0.39 is 11.8 Å². The topological polar surface area (TPSA) is 34.1 Å². The number of benzene rings is 4. The summed E-state index contributed by atoms with van der Waals surface area (Å²) >= 11 is 0. The maximum absolute atomic E-state index is 13.5. The van der Waals surface area contributed by atoms with Gasteiger partial charge in [-0.25, -0.2) is 0 Å². The molecule has 0 saturated carbocycles. The highest BCUT2D eigenvalue weighted by molar-refractivity contribution is 6.15. The summed E-state index contributed by atoms with van der Waals surface area (Å²) in [5.41, 5.74) is 3.19. The van der Waals surface area contributed by atoms with Crippen LogP contribution in [0.25, 0.3) is 10.8 Å². The molecule has 1 aliphatic rings. The van der Waals surface area contributed by atoms with E-state index in [0.717, 1.165) is 21.9 Å². The van der Waals surface area contributed by atoms with E-state index >= 15 is 0 Å². The van der Waals surface area contributed by atoms with Crippen LogP contribution in [0.2, 0.25) is 0 Å². The molecule has 2 heteroatoms. The van der Waals surface area contributed by atoms with Crippen LogP contribution < -0.4 is 0 Å². The first-order chi connectivity index (χ1) is 13.8. The van der Waals surface area contributed by atoms with E-state index in [4.69, 9.17) is 0 Å². The minimum atomic E-state index is -0.504. The quantitative estimate of drug-likeness (QED) is 0.431.